The number of benzene rings is 2. The van der Waals surface area contributed by atoms with Crippen molar-refractivity contribution >= 4 is 22.6 Å². The summed E-state index contributed by atoms with van der Waals surface area (Å²) in [5.74, 6) is -0.197. The van der Waals surface area contributed by atoms with Gasteiger partial charge in [0.2, 0.25) is 5.91 Å². The highest BCUT2D eigenvalue weighted by Crippen LogP contribution is 2.27. The van der Waals surface area contributed by atoms with E-state index < -0.39 is 0 Å². The average molecular weight is 324 g/mol. The van der Waals surface area contributed by atoms with E-state index in [1.54, 1.807) is 12.1 Å². The predicted molar refractivity (Wildman–Crippen MR) is 93.5 cm³/mol. The third-order valence-corrected chi connectivity index (χ3v) is 3.76. The van der Waals surface area contributed by atoms with Crippen LogP contribution < -0.4 is 5.32 Å². The van der Waals surface area contributed by atoms with E-state index in [2.05, 4.69) is 36.3 Å². The number of carbonyl (C=O) groups excluding carboxylic acids is 1. The van der Waals surface area contributed by atoms with Crippen molar-refractivity contribution in [1.82, 2.24) is 15.0 Å². The molecule has 0 bridgehead atoms. The molecule has 0 aliphatic heterocycles. The Morgan fingerprint density at radius 3 is 2.42 bits per heavy atom. The molecule has 0 fully saturated rings. The number of hydrogen-bond acceptors (Lipinski definition) is 4. The highest BCUT2D eigenvalue weighted by Gasteiger charge is 2.16. The Hall–Kier alpha value is -2.89. The molecule has 6 nitrogen and oxygen atoms in total. The largest absolute Gasteiger partial charge is 0.506 e. The molecule has 0 aliphatic rings. The van der Waals surface area contributed by atoms with Crippen molar-refractivity contribution in [2.24, 2.45) is 0 Å². The van der Waals surface area contributed by atoms with E-state index in [1.807, 2.05) is 18.2 Å². The normalized spacial score (nSPS) is 11.7. The standard InChI is InChI=1S/C18H20N4O2/c1-11(23)19-13-6-8-16(17(24)10-13)22-20-14-7-5-12(18(2,3)4)9-15(14)21-22/h5-10,24H,1-4H3,(H,19,23). The smallest absolute Gasteiger partial charge is 0.221 e. The molecule has 3 rings (SSSR count). The molecule has 1 aromatic heterocycles. The number of aromatic nitrogens is 3. The molecule has 2 N–H and O–H groups in total. The number of anilines is 1. The Morgan fingerprint density at radius 1 is 1.08 bits per heavy atom. The lowest BCUT2D eigenvalue weighted by atomic mass is 9.87. The third-order valence-electron chi connectivity index (χ3n) is 3.76. The van der Waals surface area contributed by atoms with Crippen LogP contribution in [0.3, 0.4) is 0 Å². The van der Waals surface area contributed by atoms with Crippen molar-refractivity contribution in [2.45, 2.75) is 33.1 Å². The summed E-state index contributed by atoms with van der Waals surface area (Å²) in [7, 11) is 0. The van der Waals surface area contributed by atoms with E-state index in [9.17, 15) is 9.90 Å². The number of hydrogen-bond donors (Lipinski definition) is 2. The predicted octanol–water partition coefficient (Wildman–Crippen LogP) is 3.38. The quantitative estimate of drug-likeness (QED) is 0.757. The van der Waals surface area contributed by atoms with Crippen LogP contribution >= 0.6 is 0 Å². The minimum atomic E-state index is -0.195. The molecule has 24 heavy (non-hydrogen) atoms. The molecule has 2 aromatic carbocycles. The number of fused-ring (bicyclic) bond motifs is 1. The lowest BCUT2D eigenvalue weighted by Crippen LogP contribution is -2.10. The number of carbonyl (C=O) groups is 1. The van der Waals surface area contributed by atoms with Crippen LogP contribution in [0.5, 0.6) is 5.75 Å². The molecular formula is C18H20N4O2. The molecule has 0 radical (unpaired) electrons. The van der Waals surface area contributed by atoms with E-state index in [0.29, 0.717) is 11.4 Å². The van der Waals surface area contributed by atoms with Crippen molar-refractivity contribution in [3.63, 3.8) is 0 Å². The summed E-state index contributed by atoms with van der Waals surface area (Å²) in [5, 5.41) is 21.7. The second kappa shape index (κ2) is 5.63. The Labute approximate surface area is 140 Å². The van der Waals surface area contributed by atoms with Crippen molar-refractivity contribution in [2.75, 3.05) is 5.32 Å². The molecule has 0 spiro atoms. The zero-order valence-corrected chi connectivity index (χ0v) is 14.2. The maximum Gasteiger partial charge on any atom is 0.221 e. The number of phenols is 1. The summed E-state index contributed by atoms with van der Waals surface area (Å²) in [6.07, 6.45) is 0. The molecule has 0 unspecified atom stereocenters. The number of aromatic hydroxyl groups is 1. The van der Waals surface area contributed by atoms with Crippen molar-refractivity contribution in [1.29, 1.82) is 0 Å². The fourth-order valence-electron chi connectivity index (χ4n) is 2.46. The van der Waals surface area contributed by atoms with Gasteiger partial charge in [-0.25, -0.2) is 0 Å². The Kier molecular flexibility index (Phi) is 3.75. The maximum absolute atomic E-state index is 11.1. The Bertz CT molecular complexity index is 922. The summed E-state index contributed by atoms with van der Waals surface area (Å²) in [6, 6.07) is 10.8. The molecule has 124 valence electrons. The van der Waals surface area contributed by atoms with Crippen LogP contribution in [0.2, 0.25) is 0 Å². The minimum Gasteiger partial charge on any atom is -0.506 e. The van der Waals surface area contributed by atoms with Crippen molar-refractivity contribution < 1.29 is 9.90 Å². The SMILES string of the molecule is CC(=O)Nc1ccc(-n2nc3ccc(C(C)(C)C)cc3n2)c(O)c1. The van der Waals surface area contributed by atoms with Crippen LogP contribution in [0.25, 0.3) is 16.7 Å². The van der Waals surface area contributed by atoms with Gasteiger partial charge < -0.3 is 10.4 Å². The molecule has 0 atom stereocenters. The fraction of sp³-hybridized carbons (Fsp3) is 0.278. The highest BCUT2D eigenvalue weighted by atomic mass is 16.3. The van der Waals surface area contributed by atoms with Gasteiger partial charge in [0.15, 0.2) is 0 Å². The van der Waals surface area contributed by atoms with Gasteiger partial charge in [0.1, 0.15) is 22.5 Å². The second-order valence-electron chi connectivity index (χ2n) is 6.83. The number of nitrogens with zero attached hydrogens (tertiary/aromatic N) is 3. The van der Waals surface area contributed by atoms with E-state index >= 15 is 0 Å². The van der Waals surface area contributed by atoms with Crippen molar-refractivity contribution in [3.05, 3.63) is 42.0 Å². The third kappa shape index (κ3) is 3.08. The summed E-state index contributed by atoms with van der Waals surface area (Å²) in [6.45, 7) is 7.85. The van der Waals surface area contributed by atoms with Crippen LogP contribution in [0, 0.1) is 0 Å². The Balaban J connectivity index is 2.02. The first-order valence-corrected chi connectivity index (χ1v) is 7.72. The summed E-state index contributed by atoms with van der Waals surface area (Å²) >= 11 is 0. The summed E-state index contributed by atoms with van der Waals surface area (Å²) in [4.78, 5) is 12.5. The number of amides is 1. The van der Waals surface area contributed by atoms with Crippen LogP contribution in [-0.4, -0.2) is 26.0 Å². The topological polar surface area (TPSA) is 80.0 Å². The molecule has 0 aliphatic carbocycles. The monoisotopic (exact) mass is 324 g/mol. The highest BCUT2D eigenvalue weighted by molar-refractivity contribution is 5.89. The number of rotatable bonds is 2. The van der Waals surface area contributed by atoms with Crippen molar-refractivity contribution in [3.8, 4) is 11.4 Å². The molecule has 3 aromatic rings. The fourth-order valence-corrected chi connectivity index (χ4v) is 2.46. The van der Waals surface area contributed by atoms with E-state index in [0.717, 1.165) is 11.0 Å². The van der Waals surface area contributed by atoms with Gasteiger partial charge >= 0.3 is 0 Å². The van der Waals surface area contributed by atoms with Crippen LogP contribution in [-0.2, 0) is 10.2 Å². The maximum atomic E-state index is 11.1. The Morgan fingerprint density at radius 2 is 1.79 bits per heavy atom. The van der Waals surface area contributed by atoms with Crippen LogP contribution in [0.1, 0.15) is 33.3 Å². The first kappa shape index (κ1) is 16.0. The zero-order valence-electron chi connectivity index (χ0n) is 14.2. The van der Waals surface area contributed by atoms with Crippen LogP contribution in [0.4, 0.5) is 5.69 Å². The minimum absolute atomic E-state index is 0.00222. The lowest BCUT2D eigenvalue weighted by Gasteiger charge is -2.18. The van der Waals surface area contributed by atoms with Gasteiger partial charge in [0, 0.05) is 18.7 Å². The van der Waals surface area contributed by atoms with Gasteiger partial charge in [-0.05, 0) is 35.2 Å². The number of phenolic OH excluding ortho intramolecular Hbond substituents is 1. The molecule has 1 heterocycles. The zero-order chi connectivity index (χ0) is 17.5. The summed E-state index contributed by atoms with van der Waals surface area (Å²) < 4.78 is 0. The van der Waals surface area contributed by atoms with Gasteiger partial charge in [0.25, 0.3) is 0 Å². The first-order chi connectivity index (χ1) is 11.2. The summed E-state index contributed by atoms with van der Waals surface area (Å²) in [5.41, 5.74) is 3.71. The van der Waals surface area contributed by atoms with Gasteiger partial charge in [-0.2, -0.15) is 0 Å². The van der Waals surface area contributed by atoms with Gasteiger partial charge in [-0.15, -0.1) is 15.0 Å². The molecule has 6 heteroatoms. The number of nitrogens with one attached hydrogen (secondary N) is 1. The molecule has 0 saturated carbocycles. The molecule has 0 saturated heterocycles. The van der Waals surface area contributed by atoms with E-state index in [-0.39, 0.29) is 17.1 Å². The lowest BCUT2D eigenvalue weighted by molar-refractivity contribution is -0.114. The average Bonchev–Trinajstić information content (AvgIpc) is 2.88. The molecular weight excluding hydrogens is 304 g/mol. The molecule has 1 amide bonds. The van der Waals surface area contributed by atoms with Gasteiger partial charge in [0.05, 0.1) is 0 Å². The van der Waals surface area contributed by atoms with E-state index in [4.69, 9.17) is 0 Å². The first-order valence-electron chi connectivity index (χ1n) is 7.72. The second-order valence-corrected chi connectivity index (χ2v) is 6.83. The van der Waals surface area contributed by atoms with E-state index in [1.165, 1.54) is 23.4 Å². The van der Waals surface area contributed by atoms with Gasteiger partial charge in [-0.1, -0.05) is 26.8 Å². The van der Waals surface area contributed by atoms with Gasteiger partial charge in [-0.3, -0.25) is 4.79 Å². The van der Waals surface area contributed by atoms with Crippen LogP contribution in [0.15, 0.2) is 36.4 Å².